The Hall–Kier alpha value is -4.38. The third kappa shape index (κ3) is 5.30. The van der Waals surface area contributed by atoms with E-state index in [0.29, 0.717) is 41.8 Å². The molecule has 202 valence electrons. The van der Waals surface area contributed by atoms with Crippen molar-refractivity contribution in [3.8, 4) is 27.9 Å². The van der Waals surface area contributed by atoms with Crippen LogP contribution in [-0.2, 0) is 0 Å². The number of hydrogen-bond donors (Lipinski definition) is 1. The van der Waals surface area contributed by atoms with Crippen LogP contribution in [0.2, 0.25) is 0 Å². The number of para-hydroxylation sites is 2. The largest absolute Gasteiger partial charge is 0.497 e. The zero-order valence-corrected chi connectivity index (χ0v) is 23.1. The van der Waals surface area contributed by atoms with Crippen LogP contribution in [0.1, 0.15) is 23.0 Å². The highest BCUT2D eigenvalue weighted by atomic mass is 32.1. The van der Waals surface area contributed by atoms with Crippen LogP contribution < -0.4 is 14.8 Å². The molecule has 39 heavy (non-hydrogen) atoms. The first-order chi connectivity index (χ1) is 18.9. The van der Waals surface area contributed by atoms with Gasteiger partial charge in [0, 0.05) is 36.6 Å². The molecule has 0 aliphatic carbocycles. The molecule has 5 rings (SSSR count). The van der Waals surface area contributed by atoms with E-state index in [4.69, 9.17) is 14.5 Å². The molecule has 3 amide bonds. The lowest BCUT2D eigenvalue weighted by Crippen LogP contribution is -2.56. The number of nitrogens with one attached hydrogen (secondary N) is 1. The molecule has 2 aromatic heterocycles. The van der Waals surface area contributed by atoms with Crippen molar-refractivity contribution in [1.29, 1.82) is 0 Å². The van der Waals surface area contributed by atoms with E-state index < -0.39 is 0 Å². The number of piperazine rings is 1. The molecule has 10 nitrogen and oxygen atoms in total. The highest BCUT2D eigenvalue weighted by Crippen LogP contribution is 2.28. The number of anilines is 1. The average molecular weight is 547 g/mol. The Morgan fingerprint density at radius 2 is 1.82 bits per heavy atom. The number of urea groups is 1. The van der Waals surface area contributed by atoms with Crippen molar-refractivity contribution < 1.29 is 19.1 Å². The molecular formula is C28H30N6O4S. The van der Waals surface area contributed by atoms with Crippen LogP contribution in [0.4, 0.5) is 10.5 Å². The molecule has 3 heterocycles. The summed E-state index contributed by atoms with van der Waals surface area (Å²) >= 11 is 1.46. The molecule has 1 aliphatic rings. The number of amides is 3. The summed E-state index contributed by atoms with van der Waals surface area (Å²) in [5.41, 5.74) is 3.66. The van der Waals surface area contributed by atoms with Gasteiger partial charge < -0.3 is 24.6 Å². The SMILES string of the molecule is COc1ccc(-c2csc(-n3ncc(C(=O)N4CCN(C(=O)Nc5ccccc5OC)C(C)C4)c3C)n2)cc1. The summed E-state index contributed by atoms with van der Waals surface area (Å²) in [6.07, 6.45) is 1.59. The molecule has 1 aliphatic heterocycles. The summed E-state index contributed by atoms with van der Waals surface area (Å²) in [6, 6.07) is 14.6. The van der Waals surface area contributed by atoms with Crippen LogP contribution in [0.25, 0.3) is 16.4 Å². The van der Waals surface area contributed by atoms with E-state index in [1.807, 2.05) is 55.6 Å². The van der Waals surface area contributed by atoms with E-state index in [9.17, 15) is 9.59 Å². The quantitative estimate of drug-likeness (QED) is 0.376. The molecule has 0 saturated carbocycles. The van der Waals surface area contributed by atoms with Crippen molar-refractivity contribution in [2.45, 2.75) is 19.9 Å². The maximum Gasteiger partial charge on any atom is 0.322 e. The Labute approximate surface area is 230 Å². The van der Waals surface area contributed by atoms with Crippen LogP contribution >= 0.6 is 11.3 Å². The fourth-order valence-corrected chi connectivity index (χ4v) is 5.46. The lowest BCUT2D eigenvalue weighted by molar-refractivity contribution is 0.0591. The van der Waals surface area contributed by atoms with Gasteiger partial charge in [-0.3, -0.25) is 4.79 Å². The van der Waals surface area contributed by atoms with Crippen molar-refractivity contribution in [2.24, 2.45) is 0 Å². The van der Waals surface area contributed by atoms with Crippen LogP contribution in [0.3, 0.4) is 0 Å². The molecule has 0 bridgehead atoms. The summed E-state index contributed by atoms with van der Waals surface area (Å²) in [5, 5.41) is 10.0. The summed E-state index contributed by atoms with van der Waals surface area (Å²) in [5.74, 6) is 1.27. The number of nitrogens with zero attached hydrogens (tertiary/aromatic N) is 5. The topological polar surface area (TPSA) is 102 Å². The van der Waals surface area contributed by atoms with Crippen molar-refractivity contribution in [3.05, 3.63) is 71.4 Å². The molecule has 0 spiro atoms. The third-order valence-electron chi connectivity index (χ3n) is 6.82. The molecule has 1 saturated heterocycles. The van der Waals surface area contributed by atoms with Crippen molar-refractivity contribution >= 4 is 29.0 Å². The number of hydrogen-bond acceptors (Lipinski definition) is 7. The fourth-order valence-electron chi connectivity index (χ4n) is 4.62. The van der Waals surface area contributed by atoms with Crippen LogP contribution in [0.15, 0.2) is 60.1 Å². The smallest absolute Gasteiger partial charge is 0.322 e. The number of ether oxygens (including phenoxy) is 2. The molecule has 1 unspecified atom stereocenters. The van der Waals surface area contributed by atoms with Gasteiger partial charge in [0.15, 0.2) is 0 Å². The van der Waals surface area contributed by atoms with E-state index in [2.05, 4.69) is 10.4 Å². The van der Waals surface area contributed by atoms with Gasteiger partial charge in [0.05, 0.1) is 43.1 Å². The Morgan fingerprint density at radius 3 is 2.54 bits per heavy atom. The Morgan fingerprint density at radius 1 is 1.05 bits per heavy atom. The van der Waals surface area contributed by atoms with E-state index in [-0.39, 0.29) is 18.0 Å². The van der Waals surface area contributed by atoms with Crippen molar-refractivity contribution in [3.63, 3.8) is 0 Å². The van der Waals surface area contributed by atoms with Crippen LogP contribution in [0.5, 0.6) is 11.5 Å². The predicted molar refractivity (Wildman–Crippen MR) is 150 cm³/mol. The molecule has 2 aromatic carbocycles. The second-order valence-electron chi connectivity index (χ2n) is 9.22. The first-order valence-corrected chi connectivity index (χ1v) is 13.4. The lowest BCUT2D eigenvalue weighted by Gasteiger charge is -2.39. The van der Waals surface area contributed by atoms with Gasteiger partial charge in [0.25, 0.3) is 5.91 Å². The Balaban J connectivity index is 1.25. The zero-order valence-electron chi connectivity index (χ0n) is 22.2. The molecule has 1 N–H and O–H groups in total. The highest BCUT2D eigenvalue weighted by Gasteiger charge is 2.32. The van der Waals surface area contributed by atoms with Crippen LogP contribution in [0, 0.1) is 6.92 Å². The van der Waals surface area contributed by atoms with Gasteiger partial charge in [0.1, 0.15) is 11.5 Å². The average Bonchev–Trinajstić information content (AvgIpc) is 3.59. The number of rotatable bonds is 6. The summed E-state index contributed by atoms with van der Waals surface area (Å²) < 4.78 is 12.3. The zero-order chi connectivity index (χ0) is 27.5. The monoisotopic (exact) mass is 546 g/mol. The minimum Gasteiger partial charge on any atom is -0.497 e. The molecular weight excluding hydrogens is 516 g/mol. The Bertz CT molecular complexity index is 1480. The standard InChI is InChI=1S/C28H30N6O4S/c1-18-16-32(13-14-33(18)27(36)30-23-7-5-6-8-25(23)38-4)26(35)22-15-29-34(19(22)2)28-31-24(17-39-28)20-9-11-21(37-3)12-10-20/h5-12,15,17-18H,13-14,16H2,1-4H3,(H,30,36). The Kier molecular flexibility index (Phi) is 7.51. The van der Waals surface area contributed by atoms with Gasteiger partial charge in [-0.2, -0.15) is 5.10 Å². The second kappa shape index (κ2) is 11.2. The summed E-state index contributed by atoms with van der Waals surface area (Å²) in [4.78, 5) is 34.7. The second-order valence-corrected chi connectivity index (χ2v) is 10.1. The fraction of sp³-hybridized carbons (Fsp3) is 0.286. The summed E-state index contributed by atoms with van der Waals surface area (Å²) in [7, 11) is 3.20. The minimum absolute atomic E-state index is 0.109. The van der Waals surface area contributed by atoms with E-state index in [1.165, 1.54) is 11.3 Å². The number of carbonyl (C=O) groups excluding carboxylic acids is 2. The molecule has 1 fully saturated rings. The van der Waals surface area contributed by atoms with Crippen molar-refractivity contribution in [2.75, 3.05) is 39.2 Å². The first kappa shape index (κ1) is 26.2. The van der Waals surface area contributed by atoms with Gasteiger partial charge in [-0.05, 0) is 50.2 Å². The molecule has 4 aromatic rings. The van der Waals surface area contributed by atoms with E-state index >= 15 is 0 Å². The number of aromatic nitrogens is 3. The van der Waals surface area contributed by atoms with Gasteiger partial charge in [-0.15, -0.1) is 11.3 Å². The third-order valence-corrected chi connectivity index (χ3v) is 7.64. The number of methoxy groups -OCH3 is 2. The number of carbonyl (C=O) groups is 2. The van der Waals surface area contributed by atoms with Gasteiger partial charge >= 0.3 is 6.03 Å². The lowest BCUT2D eigenvalue weighted by atomic mass is 10.1. The van der Waals surface area contributed by atoms with Gasteiger partial charge in [0.2, 0.25) is 5.13 Å². The van der Waals surface area contributed by atoms with E-state index in [1.54, 1.807) is 47.0 Å². The molecule has 0 radical (unpaired) electrons. The molecule has 1 atom stereocenters. The number of benzene rings is 2. The summed E-state index contributed by atoms with van der Waals surface area (Å²) in [6.45, 7) is 5.06. The van der Waals surface area contributed by atoms with Gasteiger partial charge in [-0.25, -0.2) is 14.5 Å². The van der Waals surface area contributed by atoms with Crippen LogP contribution in [-0.4, -0.2) is 76.4 Å². The van der Waals surface area contributed by atoms with Crippen molar-refractivity contribution in [1.82, 2.24) is 24.6 Å². The highest BCUT2D eigenvalue weighted by molar-refractivity contribution is 7.12. The van der Waals surface area contributed by atoms with Gasteiger partial charge in [-0.1, -0.05) is 12.1 Å². The van der Waals surface area contributed by atoms with E-state index in [0.717, 1.165) is 22.7 Å². The normalized spacial score (nSPS) is 15.2. The molecule has 11 heteroatoms. The minimum atomic E-state index is -0.223. The maximum absolute atomic E-state index is 13.5. The predicted octanol–water partition coefficient (Wildman–Crippen LogP) is 4.70. The first-order valence-electron chi connectivity index (χ1n) is 12.5. The maximum atomic E-state index is 13.5. The number of thiazole rings is 1.